The highest BCUT2D eigenvalue weighted by Crippen LogP contribution is 2.30. The molecular formula is C18H24. The summed E-state index contributed by atoms with van der Waals surface area (Å²) < 4.78 is 0. The normalized spacial score (nSPS) is 21.6. The van der Waals surface area contributed by atoms with Crippen molar-refractivity contribution in [2.45, 2.75) is 27.7 Å². The van der Waals surface area contributed by atoms with Crippen molar-refractivity contribution in [3.8, 4) is 0 Å². The summed E-state index contributed by atoms with van der Waals surface area (Å²) in [4.78, 5) is 0. The van der Waals surface area contributed by atoms with E-state index in [1.165, 1.54) is 21.6 Å². The van der Waals surface area contributed by atoms with Gasteiger partial charge in [0.1, 0.15) is 0 Å². The first kappa shape index (κ1) is 14.5. The van der Waals surface area contributed by atoms with Crippen LogP contribution in [0.4, 0.5) is 0 Å². The second-order valence-corrected chi connectivity index (χ2v) is 4.43. The van der Waals surface area contributed by atoms with Crippen LogP contribution >= 0.6 is 0 Å². The van der Waals surface area contributed by atoms with E-state index in [1.807, 2.05) is 26.0 Å². The summed E-state index contributed by atoms with van der Waals surface area (Å²) in [6.45, 7) is 16.3. The molecule has 1 aromatic carbocycles. The molecule has 1 aliphatic rings. The monoisotopic (exact) mass is 240 g/mol. The zero-order chi connectivity index (χ0) is 13.7. The van der Waals surface area contributed by atoms with E-state index >= 15 is 0 Å². The second kappa shape index (κ2) is 6.39. The fraction of sp³-hybridized carbons (Fsp3) is 0.333. The first-order valence-electron chi connectivity index (χ1n) is 6.72. The molecule has 0 saturated carbocycles. The van der Waals surface area contributed by atoms with Gasteiger partial charge in [0.05, 0.1) is 0 Å². The summed E-state index contributed by atoms with van der Waals surface area (Å²) in [7, 11) is 0. The predicted molar refractivity (Wildman–Crippen MR) is 82.6 cm³/mol. The summed E-state index contributed by atoms with van der Waals surface area (Å²) in [5.41, 5.74) is 2.81. The molecule has 0 heteroatoms. The Morgan fingerprint density at radius 1 is 0.833 bits per heavy atom. The SMILES string of the molecule is C=CC1C(C)=c2ccccc2=C(C)C1C=C.CC. The summed E-state index contributed by atoms with van der Waals surface area (Å²) in [5.74, 6) is 0.791. The third kappa shape index (κ3) is 2.33. The molecule has 0 spiro atoms. The number of fused-ring (bicyclic) bond motifs is 1. The van der Waals surface area contributed by atoms with Crippen molar-refractivity contribution in [3.05, 3.63) is 60.0 Å². The van der Waals surface area contributed by atoms with Gasteiger partial charge < -0.3 is 0 Å². The van der Waals surface area contributed by atoms with Gasteiger partial charge in [0.25, 0.3) is 0 Å². The number of allylic oxidation sites excluding steroid dienone is 2. The van der Waals surface area contributed by atoms with Crippen molar-refractivity contribution in [2.75, 3.05) is 0 Å². The molecule has 0 aliphatic heterocycles. The van der Waals surface area contributed by atoms with Crippen LogP contribution in [0.15, 0.2) is 49.6 Å². The van der Waals surface area contributed by atoms with Gasteiger partial charge in [-0.05, 0) is 24.3 Å². The number of hydrogen-bond donors (Lipinski definition) is 0. The van der Waals surface area contributed by atoms with Gasteiger partial charge in [0.15, 0.2) is 0 Å². The Bertz CT molecular complexity index is 495. The molecule has 1 aliphatic carbocycles. The van der Waals surface area contributed by atoms with Crippen molar-refractivity contribution in [1.82, 2.24) is 0 Å². The van der Waals surface area contributed by atoms with Gasteiger partial charge in [-0.2, -0.15) is 0 Å². The molecule has 0 aromatic heterocycles. The largest absolute Gasteiger partial charge is 0.102 e. The molecule has 2 rings (SSSR count). The van der Waals surface area contributed by atoms with E-state index < -0.39 is 0 Å². The van der Waals surface area contributed by atoms with Crippen LogP contribution in [-0.2, 0) is 0 Å². The highest BCUT2D eigenvalue weighted by molar-refractivity contribution is 5.63. The van der Waals surface area contributed by atoms with Gasteiger partial charge >= 0.3 is 0 Å². The Labute approximate surface area is 111 Å². The fourth-order valence-electron chi connectivity index (χ4n) is 2.72. The van der Waals surface area contributed by atoms with Crippen LogP contribution in [0.5, 0.6) is 0 Å². The maximum Gasteiger partial charge on any atom is 0.00809 e. The number of hydrogen-bond acceptors (Lipinski definition) is 0. The van der Waals surface area contributed by atoms with E-state index in [4.69, 9.17) is 0 Å². The molecule has 0 saturated heterocycles. The number of rotatable bonds is 2. The Balaban J connectivity index is 0.000000771. The van der Waals surface area contributed by atoms with Gasteiger partial charge in [-0.15, -0.1) is 13.2 Å². The summed E-state index contributed by atoms with van der Waals surface area (Å²) in [6, 6.07) is 8.60. The van der Waals surface area contributed by atoms with Crippen molar-refractivity contribution in [1.29, 1.82) is 0 Å². The van der Waals surface area contributed by atoms with Crippen LogP contribution in [0.25, 0.3) is 11.1 Å². The molecule has 96 valence electrons. The van der Waals surface area contributed by atoms with E-state index in [1.54, 1.807) is 0 Å². The summed E-state index contributed by atoms with van der Waals surface area (Å²) >= 11 is 0. The zero-order valence-electron chi connectivity index (χ0n) is 12.0. The van der Waals surface area contributed by atoms with E-state index in [9.17, 15) is 0 Å². The molecule has 0 radical (unpaired) electrons. The first-order chi connectivity index (χ1) is 8.70. The highest BCUT2D eigenvalue weighted by Gasteiger charge is 2.23. The molecule has 0 N–H and O–H groups in total. The van der Waals surface area contributed by atoms with Gasteiger partial charge in [-0.25, -0.2) is 0 Å². The molecule has 0 nitrogen and oxygen atoms in total. The quantitative estimate of drug-likeness (QED) is 0.692. The lowest BCUT2D eigenvalue weighted by molar-refractivity contribution is 0.686. The lowest BCUT2D eigenvalue weighted by Crippen LogP contribution is -2.37. The van der Waals surface area contributed by atoms with Gasteiger partial charge in [0.2, 0.25) is 0 Å². The van der Waals surface area contributed by atoms with E-state index in [2.05, 4.69) is 51.3 Å². The van der Waals surface area contributed by atoms with Crippen LogP contribution in [0, 0.1) is 11.8 Å². The Kier molecular flexibility index (Phi) is 5.15. The average molecular weight is 240 g/mol. The van der Waals surface area contributed by atoms with Crippen molar-refractivity contribution < 1.29 is 0 Å². The molecule has 0 fully saturated rings. The lowest BCUT2D eigenvalue weighted by Gasteiger charge is -2.27. The van der Waals surface area contributed by atoms with E-state index in [0.29, 0.717) is 11.8 Å². The minimum atomic E-state index is 0.396. The van der Waals surface area contributed by atoms with Crippen molar-refractivity contribution in [2.24, 2.45) is 11.8 Å². The second-order valence-electron chi connectivity index (χ2n) is 4.43. The zero-order valence-corrected chi connectivity index (χ0v) is 12.0. The van der Waals surface area contributed by atoms with Gasteiger partial charge in [-0.3, -0.25) is 0 Å². The molecule has 0 heterocycles. The minimum Gasteiger partial charge on any atom is -0.102 e. The van der Waals surface area contributed by atoms with Crippen LogP contribution in [0.2, 0.25) is 0 Å². The molecule has 2 atom stereocenters. The van der Waals surface area contributed by atoms with Crippen LogP contribution in [0.1, 0.15) is 27.7 Å². The van der Waals surface area contributed by atoms with Crippen LogP contribution in [-0.4, -0.2) is 0 Å². The average Bonchev–Trinajstić information content (AvgIpc) is 2.44. The van der Waals surface area contributed by atoms with Gasteiger partial charge in [-0.1, -0.05) is 61.4 Å². The number of benzene rings is 1. The molecule has 18 heavy (non-hydrogen) atoms. The third-order valence-corrected chi connectivity index (χ3v) is 3.67. The smallest absolute Gasteiger partial charge is 0.00809 e. The van der Waals surface area contributed by atoms with E-state index in [0.717, 1.165) is 0 Å². The Hall–Kier alpha value is -1.56. The predicted octanol–water partition coefficient (Wildman–Crippen LogP) is 3.67. The minimum absolute atomic E-state index is 0.396. The Morgan fingerprint density at radius 3 is 1.44 bits per heavy atom. The summed E-state index contributed by atoms with van der Waals surface area (Å²) in [6.07, 6.45) is 4.09. The van der Waals surface area contributed by atoms with Crippen molar-refractivity contribution in [3.63, 3.8) is 0 Å². The summed E-state index contributed by atoms with van der Waals surface area (Å²) in [5, 5.41) is 2.73. The maximum absolute atomic E-state index is 3.96. The topological polar surface area (TPSA) is 0 Å². The molecule has 2 unspecified atom stereocenters. The van der Waals surface area contributed by atoms with Crippen molar-refractivity contribution >= 4 is 11.1 Å². The van der Waals surface area contributed by atoms with Crippen LogP contribution in [0.3, 0.4) is 0 Å². The van der Waals surface area contributed by atoms with Gasteiger partial charge in [0, 0.05) is 11.8 Å². The molecular weight excluding hydrogens is 216 g/mol. The highest BCUT2D eigenvalue weighted by atomic mass is 14.3. The van der Waals surface area contributed by atoms with Crippen LogP contribution < -0.4 is 10.4 Å². The Morgan fingerprint density at radius 2 is 1.17 bits per heavy atom. The first-order valence-corrected chi connectivity index (χ1v) is 6.72. The molecule has 0 bridgehead atoms. The molecule has 0 amide bonds. The third-order valence-electron chi connectivity index (χ3n) is 3.67. The fourth-order valence-corrected chi connectivity index (χ4v) is 2.72. The maximum atomic E-state index is 3.96. The van der Waals surface area contributed by atoms with E-state index in [-0.39, 0.29) is 0 Å². The molecule has 1 aromatic rings. The lowest BCUT2D eigenvalue weighted by atomic mass is 9.77. The standard InChI is InChI=1S/C16H18.C2H6/c1-5-13-11(3)15-9-7-8-10-16(15)12(4)14(13)6-2;1-2/h5-10,13-14H,1-2H2,3-4H3;1-2H3.